The zero-order valence-electron chi connectivity index (χ0n) is 21.4. The number of rotatable bonds is 6. The van der Waals surface area contributed by atoms with E-state index in [1.165, 1.54) is 25.2 Å². The van der Waals surface area contributed by atoms with Crippen LogP contribution in [0.25, 0.3) is 0 Å². The van der Waals surface area contributed by atoms with Crippen LogP contribution in [0.4, 0.5) is 23.2 Å². The fourth-order valence-corrected chi connectivity index (χ4v) is 4.63. The molecule has 40 heavy (non-hydrogen) atoms. The summed E-state index contributed by atoms with van der Waals surface area (Å²) in [7, 11) is 1.45. The summed E-state index contributed by atoms with van der Waals surface area (Å²) >= 11 is 0. The Kier molecular flexibility index (Phi) is 7.79. The molecule has 1 saturated heterocycles. The van der Waals surface area contributed by atoms with Crippen LogP contribution in [-0.2, 0) is 37.7 Å². The number of fused-ring (bicyclic) bond motifs is 2. The van der Waals surface area contributed by atoms with Crippen LogP contribution in [0.3, 0.4) is 0 Å². The number of nitrogens with zero attached hydrogens (tertiary/aromatic N) is 4. The standard InChI is InChI=1S/C26H24F4N6O4/c1-15(26(28,29)30)36(11-16-3-5-18(27)6-4-16)22(38)12-35-14-40-25(23(35)39)20-8-7-19(9-17(20)10-21(25)37)34-24(32-2)33-13-31/h3-9,15H,10-12,14H2,1-2H3,(H2,32,33,34)/t15-,25+/m0/s1. The molecule has 1 fully saturated rings. The highest BCUT2D eigenvalue weighted by Crippen LogP contribution is 2.43. The van der Waals surface area contributed by atoms with E-state index in [0.29, 0.717) is 16.2 Å². The lowest BCUT2D eigenvalue weighted by Crippen LogP contribution is -2.51. The molecule has 210 valence electrons. The number of alkyl halides is 3. The minimum Gasteiger partial charge on any atom is -0.332 e. The van der Waals surface area contributed by atoms with E-state index in [1.54, 1.807) is 18.3 Å². The number of nitriles is 1. The van der Waals surface area contributed by atoms with Gasteiger partial charge in [0, 0.05) is 31.3 Å². The molecule has 1 heterocycles. The summed E-state index contributed by atoms with van der Waals surface area (Å²) in [4.78, 5) is 45.0. The number of ketones is 1. The Labute approximate surface area is 226 Å². The number of hydrogen-bond donors (Lipinski definition) is 2. The number of hydrogen-bond acceptors (Lipinski definition) is 6. The topological polar surface area (TPSA) is 127 Å². The second-order valence-electron chi connectivity index (χ2n) is 9.23. The van der Waals surface area contributed by atoms with Crippen LogP contribution in [0.2, 0.25) is 0 Å². The third kappa shape index (κ3) is 5.32. The van der Waals surface area contributed by atoms with E-state index in [9.17, 15) is 31.9 Å². The smallest absolute Gasteiger partial charge is 0.332 e. The van der Waals surface area contributed by atoms with Crippen molar-refractivity contribution >= 4 is 29.2 Å². The average Bonchev–Trinajstić information content (AvgIpc) is 3.38. The number of nitrogens with one attached hydrogen (secondary N) is 2. The number of benzene rings is 2. The predicted octanol–water partition coefficient (Wildman–Crippen LogP) is 2.41. The van der Waals surface area contributed by atoms with Crippen LogP contribution in [0.1, 0.15) is 23.6 Å². The van der Waals surface area contributed by atoms with Crippen molar-refractivity contribution in [3.63, 3.8) is 0 Å². The number of Topliss-reactive ketones (excluding diaryl/α,β-unsaturated/α-hetero) is 1. The number of anilines is 1. The van der Waals surface area contributed by atoms with Crippen molar-refractivity contribution < 1.29 is 36.7 Å². The fourth-order valence-electron chi connectivity index (χ4n) is 4.63. The Hall–Kier alpha value is -4.51. The highest BCUT2D eigenvalue weighted by atomic mass is 19.4. The van der Waals surface area contributed by atoms with Crippen molar-refractivity contribution in [2.45, 2.75) is 37.7 Å². The Morgan fingerprint density at radius 1 is 1.25 bits per heavy atom. The van der Waals surface area contributed by atoms with Crippen molar-refractivity contribution in [3.05, 3.63) is 65.0 Å². The van der Waals surface area contributed by atoms with E-state index in [2.05, 4.69) is 15.6 Å². The van der Waals surface area contributed by atoms with Gasteiger partial charge < -0.3 is 19.9 Å². The van der Waals surface area contributed by atoms with E-state index >= 15 is 0 Å². The maximum absolute atomic E-state index is 13.6. The molecule has 2 atom stereocenters. The molecule has 4 rings (SSSR count). The summed E-state index contributed by atoms with van der Waals surface area (Å²) in [5, 5.41) is 14.0. The van der Waals surface area contributed by atoms with Crippen molar-refractivity contribution in [2.75, 3.05) is 25.6 Å². The van der Waals surface area contributed by atoms with E-state index in [4.69, 9.17) is 10.00 Å². The first kappa shape index (κ1) is 28.5. The molecule has 14 heteroatoms. The quantitative estimate of drug-likeness (QED) is 0.139. The molecule has 2 amide bonds. The van der Waals surface area contributed by atoms with Gasteiger partial charge in [0.25, 0.3) is 5.91 Å². The number of halogens is 4. The molecule has 1 aliphatic carbocycles. The van der Waals surface area contributed by atoms with E-state index < -0.39 is 61.1 Å². The lowest BCUT2D eigenvalue weighted by Gasteiger charge is -2.32. The molecule has 1 spiro atoms. The van der Waals surface area contributed by atoms with Gasteiger partial charge in [0.15, 0.2) is 12.0 Å². The van der Waals surface area contributed by atoms with Crippen LogP contribution < -0.4 is 10.6 Å². The van der Waals surface area contributed by atoms with Gasteiger partial charge in [-0.2, -0.15) is 18.4 Å². The molecule has 0 bridgehead atoms. The van der Waals surface area contributed by atoms with Gasteiger partial charge in [-0.3, -0.25) is 24.7 Å². The molecule has 0 radical (unpaired) electrons. The lowest BCUT2D eigenvalue weighted by molar-refractivity contribution is -0.187. The number of carbonyl (C=O) groups excluding carboxylic acids is 3. The molecule has 2 N–H and O–H groups in total. The SMILES string of the molecule is CN=C(NC#N)Nc1ccc2c(c1)CC(=O)[C@]21OCN(CC(=O)N(Cc2ccc(F)cc2)[C@@H](C)C(F)(F)F)C1=O. The maximum Gasteiger partial charge on any atom is 0.408 e. The van der Waals surface area contributed by atoms with Crippen LogP contribution >= 0.6 is 0 Å². The van der Waals surface area contributed by atoms with Gasteiger partial charge in [0.1, 0.15) is 25.1 Å². The second kappa shape index (κ2) is 10.9. The lowest BCUT2D eigenvalue weighted by atomic mass is 9.94. The molecule has 2 aromatic rings. The van der Waals surface area contributed by atoms with Crippen LogP contribution in [0.15, 0.2) is 47.5 Å². The van der Waals surface area contributed by atoms with Crippen molar-refractivity contribution in [3.8, 4) is 6.19 Å². The molecular formula is C26H24F4N6O4. The first-order valence-corrected chi connectivity index (χ1v) is 12.0. The van der Waals surface area contributed by atoms with Crippen LogP contribution in [-0.4, -0.2) is 65.9 Å². The zero-order valence-corrected chi connectivity index (χ0v) is 21.4. The van der Waals surface area contributed by atoms with Gasteiger partial charge in [0.05, 0.1) is 0 Å². The van der Waals surface area contributed by atoms with Gasteiger partial charge in [-0.25, -0.2) is 4.39 Å². The predicted molar refractivity (Wildman–Crippen MR) is 133 cm³/mol. The summed E-state index contributed by atoms with van der Waals surface area (Å²) in [5.74, 6) is -2.89. The fraction of sp³-hybridized carbons (Fsp3) is 0.346. The zero-order chi connectivity index (χ0) is 29.2. The summed E-state index contributed by atoms with van der Waals surface area (Å²) < 4.78 is 59.8. The Bertz CT molecular complexity index is 1410. The van der Waals surface area contributed by atoms with E-state index in [0.717, 1.165) is 24.0 Å². The molecule has 0 aromatic heterocycles. The number of carbonyl (C=O) groups is 3. The Balaban J connectivity index is 1.55. The summed E-state index contributed by atoms with van der Waals surface area (Å²) in [6.07, 6.45) is -3.20. The van der Waals surface area contributed by atoms with Gasteiger partial charge in [-0.05, 0) is 42.3 Å². The number of aliphatic imine (C=N–C) groups is 1. The number of amides is 2. The van der Waals surface area contributed by atoms with Crippen LogP contribution in [0, 0.1) is 17.3 Å². The van der Waals surface area contributed by atoms with Crippen molar-refractivity contribution in [1.82, 2.24) is 15.1 Å². The minimum atomic E-state index is -4.76. The first-order chi connectivity index (χ1) is 18.9. The highest BCUT2D eigenvalue weighted by Gasteiger charge is 2.59. The maximum atomic E-state index is 13.6. The summed E-state index contributed by atoms with van der Waals surface area (Å²) in [6, 6.07) is 7.09. The normalized spacial score (nSPS) is 19.4. The number of guanidine groups is 1. The van der Waals surface area contributed by atoms with Gasteiger partial charge in [-0.15, -0.1) is 0 Å². The number of ether oxygens (including phenoxy) is 1. The monoisotopic (exact) mass is 560 g/mol. The van der Waals surface area contributed by atoms with Crippen LogP contribution in [0.5, 0.6) is 0 Å². The summed E-state index contributed by atoms with van der Waals surface area (Å²) in [6.45, 7) is -0.913. The van der Waals surface area contributed by atoms with E-state index in [1.807, 2.05) is 0 Å². The Morgan fingerprint density at radius 3 is 2.58 bits per heavy atom. The van der Waals surface area contributed by atoms with Gasteiger partial charge in [0.2, 0.25) is 17.5 Å². The summed E-state index contributed by atoms with van der Waals surface area (Å²) in [5.41, 5.74) is -0.553. The van der Waals surface area contributed by atoms with E-state index in [-0.39, 0.29) is 23.5 Å². The molecule has 2 aliphatic rings. The minimum absolute atomic E-state index is 0.151. The third-order valence-corrected chi connectivity index (χ3v) is 6.77. The van der Waals surface area contributed by atoms with Crippen molar-refractivity contribution in [1.29, 1.82) is 5.26 Å². The third-order valence-electron chi connectivity index (χ3n) is 6.77. The molecular weight excluding hydrogens is 536 g/mol. The second-order valence-corrected chi connectivity index (χ2v) is 9.23. The molecule has 10 nitrogen and oxygen atoms in total. The Morgan fingerprint density at radius 2 is 1.95 bits per heavy atom. The molecule has 1 aliphatic heterocycles. The molecule has 2 aromatic carbocycles. The first-order valence-electron chi connectivity index (χ1n) is 12.0. The molecule has 0 unspecified atom stereocenters. The van der Waals surface area contributed by atoms with Crippen molar-refractivity contribution in [2.24, 2.45) is 4.99 Å². The molecule has 0 saturated carbocycles. The average molecular weight is 561 g/mol. The highest BCUT2D eigenvalue weighted by molar-refractivity contribution is 6.15. The largest absolute Gasteiger partial charge is 0.408 e. The van der Waals surface area contributed by atoms with Gasteiger partial charge >= 0.3 is 6.18 Å². The van der Waals surface area contributed by atoms with Gasteiger partial charge in [-0.1, -0.05) is 18.2 Å².